The van der Waals surface area contributed by atoms with Gasteiger partial charge in [-0.15, -0.1) is 0 Å². The number of rotatable bonds is 32. The van der Waals surface area contributed by atoms with Crippen LogP contribution < -0.4 is 0 Å². The monoisotopic (exact) mass is 706 g/mol. The topological polar surface area (TPSA) is 55.8 Å². The van der Waals surface area contributed by atoms with Crippen molar-refractivity contribution >= 4 is 11.8 Å². The van der Waals surface area contributed by atoms with E-state index in [1.54, 1.807) is 29.8 Å². The maximum atomic E-state index is 13.0. The maximum Gasteiger partial charge on any atom is 0.261 e. The number of imide groups is 1. The first kappa shape index (κ1) is 43.2. The van der Waals surface area contributed by atoms with Gasteiger partial charge in [0, 0.05) is 13.2 Å². The van der Waals surface area contributed by atoms with E-state index in [-0.39, 0.29) is 18.4 Å². The molecular formula is C46H75NO4. The number of benzene rings is 1. The Bertz CT molecular complexity index is 1140. The molecule has 0 fully saturated rings. The molecule has 0 radical (unpaired) electrons. The number of hydrogen-bond donors (Lipinski definition) is 0. The molecule has 5 nitrogen and oxygen atoms in total. The van der Waals surface area contributed by atoms with Crippen molar-refractivity contribution in [1.29, 1.82) is 0 Å². The Balaban J connectivity index is 1.32. The Hall–Kier alpha value is -2.24. The molecule has 0 saturated heterocycles. The van der Waals surface area contributed by atoms with Crippen molar-refractivity contribution in [2.75, 3.05) is 19.8 Å². The molecule has 1 heterocycles. The molecule has 1 aliphatic heterocycles. The van der Waals surface area contributed by atoms with Crippen molar-refractivity contribution < 1.29 is 19.1 Å². The highest BCUT2D eigenvalue weighted by atomic mass is 16.7. The van der Waals surface area contributed by atoms with Gasteiger partial charge in [-0.3, -0.25) is 14.5 Å². The summed E-state index contributed by atoms with van der Waals surface area (Å²) in [5.41, 5.74) is 4.59. The van der Waals surface area contributed by atoms with Crippen LogP contribution in [0.15, 0.2) is 47.6 Å². The van der Waals surface area contributed by atoms with Gasteiger partial charge < -0.3 is 9.47 Å². The average Bonchev–Trinajstić information content (AvgIpc) is 3.38. The van der Waals surface area contributed by atoms with Crippen LogP contribution in [0.4, 0.5) is 0 Å². The quantitative estimate of drug-likeness (QED) is 0.0324. The van der Waals surface area contributed by atoms with Crippen LogP contribution in [-0.2, 0) is 9.47 Å². The fourth-order valence-corrected chi connectivity index (χ4v) is 8.18. The highest BCUT2D eigenvalue weighted by molar-refractivity contribution is 6.21. The van der Waals surface area contributed by atoms with Crippen molar-refractivity contribution in [3.8, 4) is 0 Å². The van der Waals surface area contributed by atoms with Gasteiger partial charge in [-0.2, -0.15) is 0 Å². The van der Waals surface area contributed by atoms with Gasteiger partial charge in [0.25, 0.3) is 11.8 Å². The normalized spacial score (nSPS) is 17.9. The van der Waals surface area contributed by atoms with E-state index in [1.165, 1.54) is 133 Å². The van der Waals surface area contributed by atoms with Crippen molar-refractivity contribution in [3.05, 3.63) is 58.7 Å². The molecule has 3 atom stereocenters. The summed E-state index contributed by atoms with van der Waals surface area (Å²) >= 11 is 0. The number of allylic oxidation sites excluding steroid dienone is 4. The lowest BCUT2D eigenvalue weighted by molar-refractivity contribution is -0.148. The standard InChI is InChI=1S/C46H75NO4/c1-5-9-12-13-18-21-28-35-50-44(37-47-45(48)42-33-26-27-34-43(42)46(47)49)51-36-29-22-19-16-14-15-17-20-25-32-40-38(8-4)39(30-23-10-6-2)41(40)31-24-11-7-3/h20,25-27,33-34,38-39,44H,5-19,21-24,28-32,35-37H2,1-4H3/b25-20-. The van der Waals surface area contributed by atoms with Crippen LogP contribution in [0.1, 0.15) is 203 Å². The third-order valence-corrected chi connectivity index (χ3v) is 11.2. The van der Waals surface area contributed by atoms with Gasteiger partial charge in [0.2, 0.25) is 0 Å². The number of hydrogen-bond acceptors (Lipinski definition) is 4. The van der Waals surface area contributed by atoms with Crippen molar-refractivity contribution in [2.24, 2.45) is 11.8 Å². The molecule has 1 aromatic rings. The van der Waals surface area contributed by atoms with Crippen molar-refractivity contribution in [2.45, 2.75) is 188 Å². The molecule has 0 N–H and O–H groups in total. The van der Waals surface area contributed by atoms with Gasteiger partial charge in [-0.05, 0) is 81.8 Å². The number of carbonyl (C=O) groups excluding carboxylic acids is 2. The number of carbonyl (C=O) groups is 2. The minimum atomic E-state index is -0.582. The predicted octanol–water partition coefficient (Wildman–Crippen LogP) is 13.2. The van der Waals surface area contributed by atoms with Gasteiger partial charge in [-0.1, -0.05) is 159 Å². The molecule has 1 aromatic carbocycles. The van der Waals surface area contributed by atoms with Crippen LogP contribution in [-0.4, -0.2) is 42.8 Å². The first-order valence-electron chi connectivity index (χ1n) is 21.6. The fourth-order valence-electron chi connectivity index (χ4n) is 8.18. The minimum absolute atomic E-state index is 0.145. The summed E-state index contributed by atoms with van der Waals surface area (Å²) < 4.78 is 12.3. The van der Waals surface area contributed by atoms with Crippen LogP contribution in [0, 0.1) is 11.8 Å². The van der Waals surface area contributed by atoms with Gasteiger partial charge in [0.1, 0.15) is 0 Å². The maximum absolute atomic E-state index is 13.0. The molecule has 3 rings (SSSR count). The van der Waals surface area contributed by atoms with Crippen LogP contribution in [0.25, 0.3) is 0 Å². The molecule has 0 spiro atoms. The molecule has 1 aliphatic carbocycles. The summed E-state index contributed by atoms with van der Waals surface area (Å²) in [5, 5.41) is 0. The summed E-state index contributed by atoms with van der Waals surface area (Å²) in [4.78, 5) is 27.2. The molecule has 0 saturated carbocycles. The Labute approximate surface area is 313 Å². The van der Waals surface area contributed by atoms with Crippen LogP contribution >= 0.6 is 0 Å². The lowest BCUT2D eigenvalue weighted by Crippen LogP contribution is -2.39. The summed E-state index contributed by atoms with van der Waals surface area (Å²) in [6, 6.07) is 7.06. The zero-order chi connectivity index (χ0) is 36.5. The molecule has 0 aromatic heterocycles. The first-order valence-corrected chi connectivity index (χ1v) is 21.6. The molecule has 2 amide bonds. The molecule has 5 heteroatoms. The third-order valence-electron chi connectivity index (χ3n) is 11.2. The lowest BCUT2D eigenvalue weighted by Gasteiger charge is -2.43. The average molecular weight is 706 g/mol. The molecular weight excluding hydrogens is 631 g/mol. The molecule has 0 bridgehead atoms. The molecule has 51 heavy (non-hydrogen) atoms. The van der Waals surface area contributed by atoms with Gasteiger partial charge in [0.15, 0.2) is 6.29 Å². The van der Waals surface area contributed by atoms with E-state index in [0.29, 0.717) is 24.3 Å². The van der Waals surface area contributed by atoms with Crippen LogP contribution in [0.3, 0.4) is 0 Å². The zero-order valence-electron chi connectivity index (χ0n) is 33.4. The Morgan fingerprint density at radius 2 is 1.14 bits per heavy atom. The summed E-state index contributed by atoms with van der Waals surface area (Å²) in [5.74, 6) is 1.21. The molecule has 3 unspecified atom stereocenters. The number of fused-ring (bicyclic) bond motifs is 1. The summed E-state index contributed by atoms with van der Waals surface area (Å²) in [6.07, 6.45) is 34.5. The number of ether oxygens (including phenoxy) is 2. The lowest BCUT2D eigenvalue weighted by atomic mass is 9.62. The van der Waals surface area contributed by atoms with E-state index in [9.17, 15) is 9.59 Å². The second-order valence-electron chi connectivity index (χ2n) is 15.3. The summed E-state index contributed by atoms with van der Waals surface area (Å²) in [6.45, 7) is 10.6. The van der Waals surface area contributed by atoms with Crippen molar-refractivity contribution in [1.82, 2.24) is 4.90 Å². The Kier molecular flexibility index (Phi) is 22.4. The Morgan fingerprint density at radius 3 is 1.73 bits per heavy atom. The zero-order valence-corrected chi connectivity index (χ0v) is 33.4. The van der Waals surface area contributed by atoms with Gasteiger partial charge >= 0.3 is 0 Å². The highest BCUT2D eigenvalue weighted by Gasteiger charge is 2.38. The first-order chi connectivity index (χ1) is 25.1. The van der Waals surface area contributed by atoms with E-state index in [2.05, 4.69) is 39.8 Å². The number of amides is 2. The minimum Gasteiger partial charge on any atom is -0.351 e. The second-order valence-corrected chi connectivity index (χ2v) is 15.3. The largest absolute Gasteiger partial charge is 0.351 e. The highest BCUT2D eigenvalue weighted by Crippen LogP contribution is 2.49. The van der Waals surface area contributed by atoms with Crippen LogP contribution in [0.5, 0.6) is 0 Å². The van der Waals surface area contributed by atoms with Crippen LogP contribution in [0.2, 0.25) is 0 Å². The smallest absolute Gasteiger partial charge is 0.261 e. The van der Waals surface area contributed by atoms with Crippen molar-refractivity contribution in [3.63, 3.8) is 0 Å². The predicted molar refractivity (Wildman–Crippen MR) is 214 cm³/mol. The van der Waals surface area contributed by atoms with E-state index >= 15 is 0 Å². The van der Waals surface area contributed by atoms with Gasteiger partial charge in [-0.25, -0.2) is 0 Å². The van der Waals surface area contributed by atoms with Gasteiger partial charge in [0.05, 0.1) is 17.7 Å². The SMILES string of the molecule is CCCCCCCCCOC(CN1C(=O)c2ccccc2C1=O)OCCCCCCCC/C=C\CC1=C(CCCCC)C(CCCCC)C1CC. The summed E-state index contributed by atoms with van der Waals surface area (Å²) in [7, 11) is 0. The van der Waals surface area contributed by atoms with E-state index in [0.717, 1.165) is 37.5 Å². The second kappa shape index (κ2) is 26.5. The van der Waals surface area contributed by atoms with E-state index < -0.39 is 6.29 Å². The molecule has 288 valence electrons. The third kappa shape index (κ3) is 15.0. The Morgan fingerprint density at radius 1 is 0.608 bits per heavy atom. The van der Waals surface area contributed by atoms with E-state index in [1.807, 2.05) is 5.57 Å². The number of nitrogens with zero attached hydrogens (tertiary/aromatic N) is 1. The number of unbranched alkanes of at least 4 members (excludes halogenated alkanes) is 16. The van der Waals surface area contributed by atoms with E-state index in [4.69, 9.17) is 9.47 Å². The molecule has 2 aliphatic rings. The fraction of sp³-hybridized carbons (Fsp3) is 0.739.